The Morgan fingerprint density at radius 1 is 0.778 bits per heavy atom. The Balaban J connectivity index is 1.40. The van der Waals surface area contributed by atoms with Gasteiger partial charge in [-0.15, -0.1) is 0 Å². The van der Waals surface area contributed by atoms with Crippen molar-refractivity contribution in [3.63, 3.8) is 0 Å². The number of aryl methyl sites for hydroxylation is 2. The molecule has 36 heavy (non-hydrogen) atoms. The van der Waals surface area contributed by atoms with Crippen LogP contribution in [0.15, 0.2) is 79.4 Å². The van der Waals surface area contributed by atoms with Crippen LogP contribution in [0.3, 0.4) is 0 Å². The maximum atomic E-state index is 12.8. The second kappa shape index (κ2) is 10.5. The van der Waals surface area contributed by atoms with E-state index >= 15 is 0 Å². The molecule has 1 unspecified atom stereocenters. The first-order valence-electron chi connectivity index (χ1n) is 11.6. The quantitative estimate of drug-likeness (QED) is 0.203. The third kappa shape index (κ3) is 5.63. The van der Waals surface area contributed by atoms with Gasteiger partial charge in [0.1, 0.15) is 29.6 Å². The second-order valence-electron chi connectivity index (χ2n) is 8.72. The number of hydrogen-bond donors (Lipinski definition) is 0. The van der Waals surface area contributed by atoms with E-state index in [-0.39, 0.29) is 6.23 Å². The van der Waals surface area contributed by atoms with Crippen LogP contribution in [0.1, 0.15) is 50.6 Å². The van der Waals surface area contributed by atoms with Crippen LogP contribution < -0.4 is 18.8 Å². The topological polar surface area (TPSA) is 70.6 Å². The summed E-state index contributed by atoms with van der Waals surface area (Å²) < 4.78 is 21.0. The van der Waals surface area contributed by atoms with Crippen molar-refractivity contribution in [2.24, 2.45) is 7.05 Å². The highest BCUT2D eigenvalue weighted by molar-refractivity contribution is 5.92. The van der Waals surface area contributed by atoms with Gasteiger partial charge >= 0.3 is 11.9 Å². The minimum absolute atomic E-state index is 0.201. The van der Waals surface area contributed by atoms with Gasteiger partial charge in [0.05, 0.1) is 18.2 Å². The molecule has 1 heterocycles. The number of rotatable bonds is 7. The Morgan fingerprint density at radius 2 is 1.28 bits per heavy atom. The van der Waals surface area contributed by atoms with E-state index in [0.29, 0.717) is 33.9 Å². The fourth-order valence-electron chi connectivity index (χ4n) is 3.61. The molecule has 0 aliphatic heterocycles. The standard InChI is InChI=1S/C29H29N2O5/c1-19-6-8-23(9-7-19)28(32)35-26-14-15-27(21(3)20(26)2)36-29(33)24-10-12-25(13-11-24)34-22(4)31-17-16-30(5)18-31/h6-18,22H,1-5H3/q+1. The smallest absolute Gasteiger partial charge is 0.343 e. The van der Waals surface area contributed by atoms with Gasteiger partial charge in [0.15, 0.2) is 0 Å². The first kappa shape index (κ1) is 24.7. The van der Waals surface area contributed by atoms with Gasteiger partial charge < -0.3 is 14.2 Å². The minimum atomic E-state index is -0.487. The maximum absolute atomic E-state index is 12.8. The van der Waals surface area contributed by atoms with Crippen LogP contribution in [0.2, 0.25) is 0 Å². The van der Waals surface area contributed by atoms with Crippen LogP contribution in [-0.4, -0.2) is 16.5 Å². The zero-order valence-electron chi connectivity index (χ0n) is 21.0. The molecule has 7 nitrogen and oxygen atoms in total. The summed E-state index contributed by atoms with van der Waals surface area (Å²) in [5.41, 5.74) is 3.36. The summed E-state index contributed by atoms with van der Waals surface area (Å²) in [6.07, 6.45) is 5.59. The van der Waals surface area contributed by atoms with Crippen molar-refractivity contribution in [1.29, 1.82) is 0 Å². The second-order valence-corrected chi connectivity index (χ2v) is 8.72. The van der Waals surface area contributed by atoms with E-state index in [1.165, 1.54) is 0 Å². The van der Waals surface area contributed by atoms with Gasteiger partial charge in [-0.2, -0.15) is 4.57 Å². The Bertz CT molecular complexity index is 1390. The third-order valence-electron chi connectivity index (χ3n) is 5.99. The number of hydrogen-bond acceptors (Lipinski definition) is 5. The Labute approximate surface area is 210 Å². The number of benzene rings is 3. The van der Waals surface area contributed by atoms with E-state index in [2.05, 4.69) is 0 Å². The fourth-order valence-corrected chi connectivity index (χ4v) is 3.61. The lowest BCUT2D eigenvalue weighted by Gasteiger charge is -2.14. The molecule has 4 rings (SSSR count). The molecule has 184 valence electrons. The summed E-state index contributed by atoms with van der Waals surface area (Å²) in [7, 11) is 1.94. The molecule has 4 aromatic rings. The summed E-state index contributed by atoms with van der Waals surface area (Å²) in [6, 6.07) is 17.3. The molecule has 0 bridgehead atoms. The maximum Gasteiger partial charge on any atom is 0.343 e. The van der Waals surface area contributed by atoms with Crippen molar-refractivity contribution in [2.75, 3.05) is 0 Å². The number of nitrogens with zero attached hydrogens (tertiary/aromatic N) is 2. The fraction of sp³-hybridized carbons (Fsp3) is 0.207. The molecule has 0 spiro atoms. The van der Waals surface area contributed by atoms with Gasteiger partial charge in [-0.3, -0.25) is 0 Å². The number of aromatic nitrogens is 2. The van der Waals surface area contributed by atoms with Crippen molar-refractivity contribution in [3.05, 3.63) is 107 Å². The van der Waals surface area contributed by atoms with E-state index in [4.69, 9.17) is 14.2 Å². The molecule has 7 heteroatoms. The van der Waals surface area contributed by atoms with Crippen molar-refractivity contribution in [3.8, 4) is 17.2 Å². The van der Waals surface area contributed by atoms with Crippen molar-refractivity contribution < 1.29 is 28.4 Å². The van der Waals surface area contributed by atoms with Gasteiger partial charge in [0.2, 0.25) is 12.6 Å². The van der Waals surface area contributed by atoms with Gasteiger partial charge in [0.25, 0.3) is 0 Å². The lowest BCUT2D eigenvalue weighted by atomic mass is 10.1. The summed E-state index contributed by atoms with van der Waals surface area (Å²) in [5.74, 6) is 0.539. The Hall–Kier alpha value is -4.39. The van der Waals surface area contributed by atoms with Crippen LogP contribution in [0, 0.1) is 20.8 Å². The SMILES string of the molecule is Cc1ccc(C(=O)Oc2ccc(OC(=O)c3ccc(OC(C)[n+]4ccn(C)c4)cc3)c(C)c2C)cc1. The van der Waals surface area contributed by atoms with E-state index in [1.807, 2.05) is 74.7 Å². The molecule has 0 aliphatic carbocycles. The lowest BCUT2D eigenvalue weighted by molar-refractivity contribution is -0.749. The largest absolute Gasteiger partial charge is 0.452 e. The molecule has 0 saturated carbocycles. The minimum Gasteiger partial charge on any atom is -0.452 e. The Kier molecular flexibility index (Phi) is 7.20. The first-order valence-corrected chi connectivity index (χ1v) is 11.6. The van der Waals surface area contributed by atoms with E-state index < -0.39 is 11.9 Å². The predicted octanol–water partition coefficient (Wildman–Crippen LogP) is 5.27. The average molecular weight is 486 g/mol. The zero-order chi connectivity index (χ0) is 25.8. The Morgan fingerprint density at radius 3 is 1.75 bits per heavy atom. The molecule has 0 saturated heterocycles. The normalized spacial score (nSPS) is 11.6. The number of ether oxygens (including phenoxy) is 3. The van der Waals surface area contributed by atoms with Crippen LogP contribution in [0.25, 0.3) is 0 Å². The highest BCUT2D eigenvalue weighted by atomic mass is 16.5. The molecular weight excluding hydrogens is 456 g/mol. The molecular formula is C29H29N2O5+. The molecule has 0 amide bonds. The molecule has 1 aromatic heterocycles. The van der Waals surface area contributed by atoms with E-state index in [1.54, 1.807) is 48.5 Å². The first-order chi connectivity index (χ1) is 17.2. The van der Waals surface area contributed by atoms with Gasteiger partial charge in [-0.1, -0.05) is 17.7 Å². The molecule has 0 N–H and O–H groups in total. The van der Waals surface area contributed by atoms with Crippen molar-refractivity contribution >= 4 is 11.9 Å². The monoisotopic (exact) mass is 485 g/mol. The van der Waals surface area contributed by atoms with Gasteiger partial charge in [0, 0.05) is 6.92 Å². The number of carbonyl (C=O) groups excluding carboxylic acids is 2. The van der Waals surface area contributed by atoms with Crippen molar-refractivity contribution in [1.82, 2.24) is 4.57 Å². The van der Waals surface area contributed by atoms with Crippen molar-refractivity contribution in [2.45, 2.75) is 33.9 Å². The molecule has 0 radical (unpaired) electrons. The van der Waals surface area contributed by atoms with Crippen LogP contribution >= 0.6 is 0 Å². The molecule has 0 fully saturated rings. The van der Waals surface area contributed by atoms with E-state index in [9.17, 15) is 9.59 Å². The van der Waals surface area contributed by atoms with Crippen LogP contribution in [0.4, 0.5) is 0 Å². The third-order valence-corrected chi connectivity index (χ3v) is 5.99. The summed E-state index contributed by atoms with van der Waals surface area (Å²) in [5, 5.41) is 0. The predicted molar refractivity (Wildman–Crippen MR) is 134 cm³/mol. The van der Waals surface area contributed by atoms with E-state index in [0.717, 1.165) is 11.1 Å². The highest BCUT2D eigenvalue weighted by Crippen LogP contribution is 2.30. The number of imidazole rings is 1. The van der Waals surface area contributed by atoms with Crippen LogP contribution in [-0.2, 0) is 7.05 Å². The lowest BCUT2D eigenvalue weighted by Crippen LogP contribution is -2.38. The number of carbonyl (C=O) groups is 2. The zero-order valence-corrected chi connectivity index (χ0v) is 21.0. The summed E-state index contributed by atoms with van der Waals surface area (Å²) in [4.78, 5) is 25.2. The van der Waals surface area contributed by atoms with Gasteiger partial charge in [-0.25, -0.2) is 14.2 Å². The summed E-state index contributed by atoms with van der Waals surface area (Å²) in [6.45, 7) is 7.54. The van der Waals surface area contributed by atoms with Gasteiger partial charge in [-0.05, 0) is 80.4 Å². The molecule has 0 aliphatic rings. The number of esters is 2. The molecule has 1 atom stereocenters. The highest BCUT2D eigenvalue weighted by Gasteiger charge is 2.17. The average Bonchev–Trinajstić information content (AvgIpc) is 3.31. The summed E-state index contributed by atoms with van der Waals surface area (Å²) >= 11 is 0. The van der Waals surface area contributed by atoms with Crippen LogP contribution in [0.5, 0.6) is 17.2 Å². The molecule has 3 aromatic carbocycles.